The van der Waals surface area contributed by atoms with Gasteiger partial charge in [-0.2, -0.15) is 0 Å². The summed E-state index contributed by atoms with van der Waals surface area (Å²) in [6, 6.07) is 11.5. The Kier molecular flexibility index (Phi) is 7.22. The average Bonchev–Trinajstić information content (AvgIpc) is 2.68. The SMILES string of the molecule is CCOC(=O)c1ccc(NC(=O)[C@@H](C)N(c2ccc(OC)cc2)S(C)(=O)=O)cc1. The van der Waals surface area contributed by atoms with Crippen LogP contribution in [-0.2, 0) is 19.6 Å². The van der Waals surface area contributed by atoms with Gasteiger partial charge in [0.2, 0.25) is 15.9 Å². The molecule has 9 heteroatoms. The molecule has 0 fully saturated rings. The molecule has 0 aliphatic rings. The number of amides is 1. The number of ether oxygens (including phenoxy) is 2. The highest BCUT2D eigenvalue weighted by Crippen LogP contribution is 2.24. The number of nitrogens with one attached hydrogen (secondary N) is 1. The standard InChI is InChI=1S/C20H24N2O6S/c1-5-28-20(24)15-6-8-16(9-7-15)21-19(23)14(2)22(29(4,25)26)17-10-12-18(27-3)13-11-17/h6-14H,5H2,1-4H3,(H,21,23)/t14-/m1/s1. The van der Waals surface area contributed by atoms with E-state index in [-0.39, 0.29) is 6.61 Å². The van der Waals surface area contributed by atoms with Crippen molar-refractivity contribution in [2.45, 2.75) is 19.9 Å². The Labute approximate surface area is 170 Å². The number of hydrogen-bond donors (Lipinski definition) is 1. The molecule has 0 saturated carbocycles. The lowest BCUT2D eigenvalue weighted by Crippen LogP contribution is -2.45. The van der Waals surface area contributed by atoms with Gasteiger partial charge in [-0.1, -0.05) is 0 Å². The molecular formula is C20H24N2O6S. The topological polar surface area (TPSA) is 102 Å². The maximum absolute atomic E-state index is 12.7. The van der Waals surface area contributed by atoms with Crippen molar-refractivity contribution in [3.05, 3.63) is 54.1 Å². The molecule has 2 rings (SSSR count). The molecule has 0 bridgehead atoms. The molecular weight excluding hydrogens is 396 g/mol. The van der Waals surface area contributed by atoms with Crippen molar-refractivity contribution in [1.29, 1.82) is 0 Å². The number of rotatable bonds is 8. The molecule has 2 aromatic rings. The van der Waals surface area contributed by atoms with E-state index in [9.17, 15) is 18.0 Å². The van der Waals surface area contributed by atoms with E-state index in [2.05, 4.69) is 5.32 Å². The van der Waals surface area contributed by atoms with Crippen molar-refractivity contribution >= 4 is 33.3 Å². The van der Waals surface area contributed by atoms with Crippen LogP contribution in [0.3, 0.4) is 0 Å². The molecule has 1 N–H and O–H groups in total. The molecule has 0 aliphatic heterocycles. The minimum absolute atomic E-state index is 0.265. The summed E-state index contributed by atoms with van der Waals surface area (Å²) in [6.45, 7) is 3.47. The van der Waals surface area contributed by atoms with Crippen molar-refractivity contribution in [3.63, 3.8) is 0 Å². The second kappa shape index (κ2) is 9.42. The van der Waals surface area contributed by atoms with E-state index in [0.29, 0.717) is 22.7 Å². The molecule has 0 unspecified atom stereocenters. The van der Waals surface area contributed by atoms with Crippen LogP contribution in [0, 0.1) is 0 Å². The Balaban J connectivity index is 2.19. The summed E-state index contributed by atoms with van der Waals surface area (Å²) in [5.41, 5.74) is 1.13. The van der Waals surface area contributed by atoms with Gasteiger partial charge in [-0.25, -0.2) is 13.2 Å². The van der Waals surface area contributed by atoms with Gasteiger partial charge in [0.25, 0.3) is 0 Å². The fraction of sp³-hybridized carbons (Fsp3) is 0.300. The van der Waals surface area contributed by atoms with Gasteiger partial charge >= 0.3 is 5.97 Å². The lowest BCUT2D eigenvalue weighted by atomic mass is 10.2. The number of carbonyl (C=O) groups excluding carboxylic acids is 2. The molecule has 0 spiro atoms. The van der Waals surface area contributed by atoms with E-state index in [1.54, 1.807) is 43.3 Å². The van der Waals surface area contributed by atoms with E-state index in [1.165, 1.54) is 26.2 Å². The van der Waals surface area contributed by atoms with Gasteiger partial charge in [0.1, 0.15) is 11.8 Å². The summed E-state index contributed by atoms with van der Waals surface area (Å²) in [6.07, 6.45) is 1.04. The maximum Gasteiger partial charge on any atom is 0.338 e. The molecule has 1 atom stereocenters. The quantitative estimate of drug-likeness (QED) is 0.659. The molecule has 2 aromatic carbocycles. The smallest absolute Gasteiger partial charge is 0.338 e. The Morgan fingerprint density at radius 3 is 2.14 bits per heavy atom. The van der Waals surface area contributed by atoms with Gasteiger partial charge in [0, 0.05) is 5.69 Å². The van der Waals surface area contributed by atoms with Crippen LogP contribution in [0.5, 0.6) is 5.75 Å². The fourth-order valence-electron chi connectivity index (χ4n) is 2.69. The van der Waals surface area contributed by atoms with Crippen LogP contribution in [0.25, 0.3) is 0 Å². The zero-order chi connectivity index (χ0) is 21.6. The van der Waals surface area contributed by atoms with E-state index < -0.39 is 27.9 Å². The molecule has 0 heterocycles. The molecule has 29 heavy (non-hydrogen) atoms. The van der Waals surface area contributed by atoms with Crippen LogP contribution >= 0.6 is 0 Å². The highest BCUT2D eigenvalue weighted by molar-refractivity contribution is 7.92. The minimum atomic E-state index is -3.73. The molecule has 0 aromatic heterocycles. The monoisotopic (exact) mass is 420 g/mol. The second-order valence-corrected chi connectivity index (χ2v) is 8.08. The normalized spacial score (nSPS) is 12.0. The zero-order valence-corrected chi connectivity index (χ0v) is 17.5. The minimum Gasteiger partial charge on any atom is -0.497 e. The number of methoxy groups -OCH3 is 1. The van der Waals surface area contributed by atoms with Gasteiger partial charge < -0.3 is 14.8 Å². The van der Waals surface area contributed by atoms with Gasteiger partial charge in [-0.15, -0.1) is 0 Å². The first-order valence-electron chi connectivity index (χ1n) is 8.89. The average molecular weight is 420 g/mol. The van der Waals surface area contributed by atoms with Gasteiger partial charge in [-0.3, -0.25) is 9.10 Å². The third kappa shape index (κ3) is 5.71. The van der Waals surface area contributed by atoms with E-state index in [0.717, 1.165) is 10.6 Å². The van der Waals surface area contributed by atoms with Crippen LogP contribution < -0.4 is 14.4 Å². The summed E-state index contributed by atoms with van der Waals surface area (Å²) in [4.78, 5) is 24.4. The molecule has 0 saturated heterocycles. The summed E-state index contributed by atoms with van der Waals surface area (Å²) in [7, 11) is -2.22. The number of carbonyl (C=O) groups is 2. The van der Waals surface area contributed by atoms with Crippen LogP contribution in [0.4, 0.5) is 11.4 Å². The van der Waals surface area contributed by atoms with Crippen molar-refractivity contribution in [3.8, 4) is 5.75 Å². The lowest BCUT2D eigenvalue weighted by molar-refractivity contribution is -0.116. The van der Waals surface area contributed by atoms with E-state index in [1.807, 2.05) is 0 Å². The fourth-order valence-corrected chi connectivity index (χ4v) is 3.86. The molecule has 0 aliphatic carbocycles. The number of sulfonamides is 1. The lowest BCUT2D eigenvalue weighted by Gasteiger charge is -2.28. The Bertz CT molecular complexity index is 955. The highest BCUT2D eigenvalue weighted by atomic mass is 32.2. The predicted octanol–water partition coefficient (Wildman–Crippen LogP) is 2.67. The molecule has 1 amide bonds. The summed E-state index contributed by atoms with van der Waals surface area (Å²) in [5.74, 6) is -0.405. The number of hydrogen-bond acceptors (Lipinski definition) is 6. The molecule has 156 valence electrons. The summed E-state index contributed by atoms with van der Waals surface area (Å²) >= 11 is 0. The Morgan fingerprint density at radius 1 is 1.07 bits per heavy atom. The third-order valence-electron chi connectivity index (χ3n) is 4.08. The first kappa shape index (κ1) is 22.2. The Hall–Kier alpha value is -3.07. The largest absolute Gasteiger partial charge is 0.497 e. The van der Waals surface area contributed by atoms with E-state index in [4.69, 9.17) is 9.47 Å². The van der Waals surface area contributed by atoms with E-state index >= 15 is 0 Å². The van der Waals surface area contributed by atoms with Crippen LogP contribution in [-0.4, -0.2) is 46.3 Å². The van der Waals surface area contributed by atoms with Gasteiger partial charge in [0.15, 0.2) is 0 Å². The van der Waals surface area contributed by atoms with Crippen molar-refractivity contribution < 1.29 is 27.5 Å². The number of nitrogens with zero attached hydrogens (tertiary/aromatic N) is 1. The van der Waals surface area contributed by atoms with Crippen LogP contribution in [0.15, 0.2) is 48.5 Å². The predicted molar refractivity (Wildman–Crippen MR) is 111 cm³/mol. The summed E-state index contributed by atoms with van der Waals surface area (Å²) in [5, 5.41) is 2.66. The van der Waals surface area contributed by atoms with Crippen LogP contribution in [0.2, 0.25) is 0 Å². The molecule has 0 radical (unpaired) electrons. The number of esters is 1. The van der Waals surface area contributed by atoms with Gasteiger partial charge in [-0.05, 0) is 62.4 Å². The first-order valence-corrected chi connectivity index (χ1v) is 10.7. The number of anilines is 2. The highest BCUT2D eigenvalue weighted by Gasteiger charge is 2.29. The first-order chi connectivity index (χ1) is 13.7. The number of benzene rings is 2. The molecule has 8 nitrogen and oxygen atoms in total. The van der Waals surface area contributed by atoms with Gasteiger partial charge in [0.05, 0.1) is 31.2 Å². The third-order valence-corrected chi connectivity index (χ3v) is 5.32. The van der Waals surface area contributed by atoms with Crippen molar-refractivity contribution in [1.82, 2.24) is 0 Å². The Morgan fingerprint density at radius 2 is 1.66 bits per heavy atom. The summed E-state index contributed by atoms with van der Waals surface area (Å²) < 4.78 is 35.7. The zero-order valence-electron chi connectivity index (χ0n) is 16.7. The maximum atomic E-state index is 12.7. The second-order valence-electron chi connectivity index (χ2n) is 6.22. The van der Waals surface area contributed by atoms with Crippen LogP contribution in [0.1, 0.15) is 24.2 Å². The van der Waals surface area contributed by atoms with Crippen molar-refractivity contribution in [2.75, 3.05) is 29.6 Å². The van der Waals surface area contributed by atoms with Crippen molar-refractivity contribution in [2.24, 2.45) is 0 Å².